The van der Waals surface area contributed by atoms with E-state index in [4.69, 9.17) is 29.6 Å². The maximum absolute atomic E-state index is 6.46. The van der Waals surface area contributed by atoms with Gasteiger partial charge in [0.2, 0.25) is 0 Å². The van der Waals surface area contributed by atoms with Gasteiger partial charge in [-0.2, -0.15) is 4.80 Å². The highest BCUT2D eigenvalue weighted by Gasteiger charge is 2.19. The van der Waals surface area contributed by atoms with Gasteiger partial charge in [-0.05, 0) is 63.7 Å². The van der Waals surface area contributed by atoms with Crippen molar-refractivity contribution in [2.45, 2.75) is 0 Å². The second-order valence-corrected chi connectivity index (χ2v) is 13.4. The van der Waals surface area contributed by atoms with Crippen LogP contribution in [-0.4, -0.2) is 29.9 Å². The molecule has 0 saturated carbocycles. The molecule has 54 heavy (non-hydrogen) atoms. The van der Waals surface area contributed by atoms with Crippen LogP contribution in [0.2, 0.25) is 0 Å². The van der Waals surface area contributed by atoms with Crippen LogP contribution >= 0.6 is 0 Å². The highest BCUT2D eigenvalue weighted by Crippen LogP contribution is 2.37. The Bertz CT molecular complexity index is 3210. The topological polar surface area (TPSA) is 82.5 Å². The molecule has 7 nitrogen and oxygen atoms in total. The van der Waals surface area contributed by atoms with Crippen LogP contribution in [0.1, 0.15) is 0 Å². The Morgan fingerprint density at radius 2 is 1.06 bits per heavy atom. The number of rotatable bonds is 5. The minimum atomic E-state index is 0.540. The summed E-state index contributed by atoms with van der Waals surface area (Å²) in [7, 11) is 0. The number of fused-ring (bicyclic) bond motifs is 8. The second-order valence-electron chi connectivity index (χ2n) is 13.4. The average Bonchev–Trinajstić information content (AvgIpc) is 3.86. The van der Waals surface area contributed by atoms with E-state index in [9.17, 15) is 0 Å². The number of para-hydroxylation sites is 3. The molecule has 0 radical (unpaired) electrons. The van der Waals surface area contributed by atoms with E-state index in [0.717, 1.165) is 88.0 Å². The Labute approximate surface area is 308 Å². The Kier molecular flexibility index (Phi) is 6.72. The summed E-state index contributed by atoms with van der Waals surface area (Å²) in [5, 5.41) is 16.2. The van der Waals surface area contributed by atoms with Gasteiger partial charge in [0, 0.05) is 27.3 Å². The molecule has 7 heteroatoms. The molecule has 11 aromatic rings. The van der Waals surface area contributed by atoms with Crippen LogP contribution in [0.15, 0.2) is 174 Å². The standard InChI is InChI=1S/C47H28N6O/c1-3-10-29(11-4-1)30-18-23-33(24-19-30)45-48-46(50-47(49-45)38-16-9-15-37-36-14-7-8-17-41(36)54-44(37)38)34-25-21-31-20-22-32-26-27-40-43(42(32)39(31)28-34)52-53(51-40)35-12-5-2-6-13-35/h1-28H. The predicted octanol–water partition coefficient (Wildman–Crippen LogP) is 11.5. The fraction of sp³-hybridized carbons (Fsp3) is 0. The van der Waals surface area contributed by atoms with Crippen molar-refractivity contribution in [3.63, 3.8) is 0 Å². The third-order valence-corrected chi connectivity index (χ3v) is 10.1. The summed E-state index contributed by atoms with van der Waals surface area (Å²) >= 11 is 0. The van der Waals surface area contributed by atoms with Crippen LogP contribution < -0.4 is 0 Å². The van der Waals surface area contributed by atoms with E-state index in [-0.39, 0.29) is 0 Å². The van der Waals surface area contributed by atoms with Gasteiger partial charge in [0.25, 0.3) is 0 Å². The van der Waals surface area contributed by atoms with E-state index in [1.165, 1.54) is 0 Å². The van der Waals surface area contributed by atoms with Crippen LogP contribution in [0.25, 0.3) is 105 Å². The molecule has 0 N–H and O–H groups in total. The molecule has 3 aromatic heterocycles. The largest absolute Gasteiger partial charge is 0.455 e. The Balaban J connectivity index is 1.12. The molecule has 0 unspecified atom stereocenters. The smallest absolute Gasteiger partial charge is 0.167 e. The second kappa shape index (κ2) is 12.0. The quantitative estimate of drug-likeness (QED) is 0.167. The Morgan fingerprint density at radius 1 is 0.426 bits per heavy atom. The van der Waals surface area contributed by atoms with Gasteiger partial charge in [-0.1, -0.05) is 133 Å². The first kappa shape index (κ1) is 30.1. The van der Waals surface area contributed by atoms with Crippen molar-refractivity contribution < 1.29 is 4.42 Å². The molecule has 11 rings (SSSR count). The monoisotopic (exact) mass is 692 g/mol. The van der Waals surface area contributed by atoms with Crippen molar-refractivity contribution in [2.75, 3.05) is 0 Å². The lowest BCUT2D eigenvalue weighted by molar-refractivity contribution is 0.669. The number of hydrogen-bond acceptors (Lipinski definition) is 6. The number of furan rings is 1. The van der Waals surface area contributed by atoms with E-state index in [2.05, 4.69) is 97.1 Å². The van der Waals surface area contributed by atoms with Crippen molar-refractivity contribution in [3.05, 3.63) is 170 Å². The number of aromatic nitrogens is 6. The first-order valence-electron chi connectivity index (χ1n) is 17.8. The zero-order valence-electron chi connectivity index (χ0n) is 28.8. The number of nitrogens with zero attached hydrogens (tertiary/aromatic N) is 6. The van der Waals surface area contributed by atoms with Gasteiger partial charge in [0.05, 0.1) is 11.3 Å². The SMILES string of the molecule is c1ccc(-c2ccc(-c3nc(-c4ccc5ccc6ccc7nn(-c8ccccc8)nc7c6c5c4)nc(-c4cccc5c4oc4ccccc45)n3)cc2)cc1. The third-order valence-electron chi connectivity index (χ3n) is 10.1. The highest BCUT2D eigenvalue weighted by atomic mass is 16.3. The molecule has 0 aliphatic rings. The van der Waals surface area contributed by atoms with Gasteiger partial charge >= 0.3 is 0 Å². The molecule has 3 heterocycles. The normalized spacial score (nSPS) is 11.7. The molecule has 0 fully saturated rings. The lowest BCUT2D eigenvalue weighted by Gasteiger charge is -2.11. The van der Waals surface area contributed by atoms with Gasteiger partial charge < -0.3 is 4.42 Å². The van der Waals surface area contributed by atoms with Crippen LogP contribution in [0.4, 0.5) is 0 Å². The molecule has 0 bridgehead atoms. The number of hydrogen-bond donors (Lipinski definition) is 0. The molecular weight excluding hydrogens is 665 g/mol. The summed E-state index contributed by atoms with van der Waals surface area (Å²) in [5.74, 6) is 1.68. The van der Waals surface area contributed by atoms with Crippen LogP contribution in [0.3, 0.4) is 0 Å². The third kappa shape index (κ3) is 4.94. The van der Waals surface area contributed by atoms with Crippen molar-refractivity contribution in [2.24, 2.45) is 0 Å². The van der Waals surface area contributed by atoms with Crippen LogP contribution in [0, 0.1) is 0 Å². The van der Waals surface area contributed by atoms with Gasteiger partial charge in [-0.15, -0.1) is 10.2 Å². The van der Waals surface area contributed by atoms with E-state index >= 15 is 0 Å². The average molecular weight is 693 g/mol. The van der Waals surface area contributed by atoms with Gasteiger partial charge in [-0.25, -0.2) is 15.0 Å². The maximum Gasteiger partial charge on any atom is 0.167 e. The lowest BCUT2D eigenvalue weighted by atomic mass is 9.98. The summed E-state index contributed by atoms with van der Waals surface area (Å²) in [6.45, 7) is 0. The molecular formula is C47H28N6O. The summed E-state index contributed by atoms with van der Waals surface area (Å²) in [6, 6.07) is 57.8. The first-order valence-corrected chi connectivity index (χ1v) is 17.8. The summed E-state index contributed by atoms with van der Waals surface area (Å²) in [6.07, 6.45) is 0. The zero-order chi connectivity index (χ0) is 35.6. The molecule has 252 valence electrons. The molecule has 0 spiro atoms. The predicted molar refractivity (Wildman–Crippen MR) is 216 cm³/mol. The molecule has 8 aromatic carbocycles. The van der Waals surface area contributed by atoms with E-state index in [1.807, 2.05) is 72.8 Å². The van der Waals surface area contributed by atoms with Crippen molar-refractivity contribution in [1.29, 1.82) is 0 Å². The molecule has 0 aliphatic heterocycles. The van der Waals surface area contributed by atoms with E-state index in [1.54, 1.807) is 4.80 Å². The molecule has 0 aliphatic carbocycles. The van der Waals surface area contributed by atoms with Crippen LogP contribution in [0.5, 0.6) is 0 Å². The fourth-order valence-electron chi connectivity index (χ4n) is 7.45. The molecule has 0 amide bonds. The first-order chi connectivity index (χ1) is 26.7. The van der Waals surface area contributed by atoms with Crippen molar-refractivity contribution in [1.82, 2.24) is 29.9 Å². The summed E-state index contributed by atoms with van der Waals surface area (Å²) < 4.78 is 6.46. The van der Waals surface area contributed by atoms with Gasteiger partial charge in [0.15, 0.2) is 17.5 Å². The van der Waals surface area contributed by atoms with Gasteiger partial charge in [-0.3, -0.25) is 0 Å². The minimum absolute atomic E-state index is 0.540. The van der Waals surface area contributed by atoms with Crippen LogP contribution in [-0.2, 0) is 0 Å². The van der Waals surface area contributed by atoms with E-state index < -0.39 is 0 Å². The Morgan fingerprint density at radius 3 is 1.91 bits per heavy atom. The number of benzene rings is 8. The van der Waals surface area contributed by atoms with Crippen molar-refractivity contribution in [3.8, 4) is 51.0 Å². The highest BCUT2D eigenvalue weighted by molar-refractivity contribution is 6.19. The van der Waals surface area contributed by atoms with E-state index in [0.29, 0.717) is 17.5 Å². The Hall–Kier alpha value is -7.51. The zero-order valence-corrected chi connectivity index (χ0v) is 28.8. The lowest BCUT2D eigenvalue weighted by Crippen LogP contribution is -2.00. The minimum Gasteiger partial charge on any atom is -0.455 e. The summed E-state index contributed by atoms with van der Waals surface area (Å²) in [5.41, 5.74) is 8.98. The summed E-state index contributed by atoms with van der Waals surface area (Å²) in [4.78, 5) is 17.1. The maximum atomic E-state index is 6.46. The molecule has 0 saturated heterocycles. The van der Waals surface area contributed by atoms with Crippen molar-refractivity contribution >= 4 is 54.5 Å². The van der Waals surface area contributed by atoms with Gasteiger partial charge in [0.1, 0.15) is 22.2 Å². The molecule has 0 atom stereocenters. The fourth-order valence-corrected chi connectivity index (χ4v) is 7.45.